The first-order valence-electron chi connectivity index (χ1n) is 4.79. The Hall–Kier alpha value is -0.753. The van der Waals surface area contributed by atoms with Crippen molar-refractivity contribution in [3.05, 3.63) is 0 Å². The van der Waals surface area contributed by atoms with Gasteiger partial charge in [0.1, 0.15) is 8.07 Å². The molecule has 1 atom stereocenters. The van der Waals surface area contributed by atoms with E-state index in [0.29, 0.717) is 6.42 Å². The van der Waals surface area contributed by atoms with Crippen molar-refractivity contribution < 1.29 is 4.79 Å². The zero-order chi connectivity index (χ0) is 9.90. The molecule has 0 unspecified atom stereocenters. The molecule has 0 aromatic carbocycles. The Morgan fingerprint density at radius 3 is 2.69 bits per heavy atom. The number of nitrogens with one attached hydrogen (secondary N) is 1. The lowest BCUT2D eigenvalue weighted by molar-refractivity contribution is -0.122. The second kappa shape index (κ2) is 3.97. The number of hydrogen-bond donors (Lipinski definition) is 1. The highest BCUT2D eigenvalue weighted by molar-refractivity contribution is 6.83. The van der Waals surface area contributed by atoms with Gasteiger partial charge in [-0.15, -0.1) is 5.54 Å². The second-order valence-electron chi connectivity index (χ2n) is 4.53. The molecule has 3 heteroatoms. The zero-order valence-corrected chi connectivity index (χ0v) is 9.61. The van der Waals surface area contributed by atoms with Crippen molar-refractivity contribution in [2.75, 3.05) is 0 Å². The van der Waals surface area contributed by atoms with E-state index in [0.717, 1.165) is 12.8 Å². The third-order valence-electron chi connectivity index (χ3n) is 1.85. The molecule has 0 aliphatic carbocycles. The highest BCUT2D eigenvalue weighted by atomic mass is 28.3. The number of carbonyl (C=O) groups excluding carboxylic acids is 1. The van der Waals surface area contributed by atoms with Gasteiger partial charge in [-0.05, 0) is 12.8 Å². The molecule has 0 saturated carbocycles. The molecule has 1 N–H and O–H groups in total. The Kier molecular flexibility index (Phi) is 3.15. The predicted molar refractivity (Wildman–Crippen MR) is 56.9 cm³/mol. The van der Waals surface area contributed by atoms with Gasteiger partial charge in [0.15, 0.2) is 0 Å². The summed E-state index contributed by atoms with van der Waals surface area (Å²) in [5.41, 5.74) is 3.29. The fraction of sp³-hybridized carbons (Fsp3) is 0.700. The lowest BCUT2D eigenvalue weighted by Crippen LogP contribution is -2.38. The minimum Gasteiger partial charge on any atom is -0.342 e. The number of hydrogen-bond acceptors (Lipinski definition) is 1. The van der Waals surface area contributed by atoms with E-state index in [1.165, 1.54) is 0 Å². The average Bonchev–Trinajstić information content (AvgIpc) is 2.00. The fourth-order valence-electron chi connectivity index (χ4n) is 1.22. The van der Waals surface area contributed by atoms with Crippen LogP contribution in [-0.4, -0.2) is 20.0 Å². The lowest BCUT2D eigenvalue weighted by Gasteiger charge is -2.18. The van der Waals surface area contributed by atoms with Crippen molar-refractivity contribution >= 4 is 14.0 Å². The summed E-state index contributed by atoms with van der Waals surface area (Å²) in [7, 11) is -1.28. The fourth-order valence-corrected chi connectivity index (χ4v) is 1.82. The number of piperidine rings is 1. The maximum atomic E-state index is 11.0. The van der Waals surface area contributed by atoms with Gasteiger partial charge in [0, 0.05) is 6.42 Å². The molecule has 1 aliphatic heterocycles. The van der Waals surface area contributed by atoms with Crippen molar-refractivity contribution in [2.45, 2.75) is 44.9 Å². The molecular weight excluding hydrogens is 178 g/mol. The van der Waals surface area contributed by atoms with Gasteiger partial charge in [0.05, 0.1) is 6.04 Å². The van der Waals surface area contributed by atoms with E-state index in [1.54, 1.807) is 0 Å². The van der Waals surface area contributed by atoms with Gasteiger partial charge in [-0.1, -0.05) is 25.6 Å². The van der Waals surface area contributed by atoms with Crippen LogP contribution in [0.5, 0.6) is 0 Å². The van der Waals surface area contributed by atoms with Crippen molar-refractivity contribution in [1.29, 1.82) is 0 Å². The molecule has 13 heavy (non-hydrogen) atoms. The number of carbonyl (C=O) groups is 1. The Bertz CT molecular complexity index is 256. The summed E-state index contributed by atoms with van der Waals surface area (Å²) in [4.78, 5) is 11.0. The smallest absolute Gasteiger partial charge is 0.220 e. The molecule has 1 aliphatic rings. The Morgan fingerprint density at radius 2 is 2.15 bits per heavy atom. The molecule has 1 fully saturated rings. The largest absolute Gasteiger partial charge is 0.342 e. The molecule has 1 heterocycles. The molecule has 0 radical (unpaired) electrons. The first kappa shape index (κ1) is 10.3. The average molecular weight is 195 g/mol. The van der Waals surface area contributed by atoms with Gasteiger partial charge >= 0.3 is 0 Å². The maximum Gasteiger partial charge on any atom is 0.220 e. The molecule has 1 amide bonds. The molecule has 0 aromatic heterocycles. The van der Waals surface area contributed by atoms with Gasteiger partial charge in [-0.2, -0.15) is 0 Å². The van der Waals surface area contributed by atoms with Crippen molar-refractivity contribution in [1.82, 2.24) is 5.32 Å². The summed E-state index contributed by atoms with van der Waals surface area (Å²) in [5.74, 6) is 3.33. The van der Waals surface area contributed by atoms with Crippen LogP contribution in [-0.2, 0) is 4.79 Å². The third kappa shape index (κ3) is 4.14. The minimum atomic E-state index is -1.28. The van der Waals surface area contributed by atoms with E-state index in [1.807, 2.05) is 0 Å². The summed E-state index contributed by atoms with van der Waals surface area (Å²) in [5, 5.41) is 2.90. The summed E-state index contributed by atoms with van der Waals surface area (Å²) in [6, 6.07) is 0.118. The van der Waals surface area contributed by atoms with Crippen LogP contribution < -0.4 is 5.32 Å². The van der Waals surface area contributed by atoms with Gasteiger partial charge in [0.2, 0.25) is 5.91 Å². The zero-order valence-electron chi connectivity index (χ0n) is 8.61. The monoisotopic (exact) mass is 195 g/mol. The molecule has 0 bridgehead atoms. The van der Waals surface area contributed by atoms with Crippen LogP contribution in [0.1, 0.15) is 19.3 Å². The quantitative estimate of drug-likeness (QED) is 0.461. The van der Waals surface area contributed by atoms with Crippen molar-refractivity contribution in [2.24, 2.45) is 0 Å². The number of rotatable bonds is 0. The minimum absolute atomic E-state index is 0.118. The third-order valence-corrected chi connectivity index (χ3v) is 2.75. The van der Waals surface area contributed by atoms with Gasteiger partial charge < -0.3 is 5.32 Å². The predicted octanol–water partition coefficient (Wildman–Crippen LogP) is 1.54. The van der Waals surface area contributed by atoms with Gasteiger partial charge in [-0.3, -0.25) is 4.79 Å². The van der Waals surface area contributed by atoms with E-state index in [4.69, 9.17) is 0 Å². The van der Waals surface area contributed by atoms with Crippen LogP contribution in [0.2, 0.25) is 19.6 Å². The van der Waals surface area contributed by atoms with Crippen molar-refractivity contribution in [3.8, 4) is 11.5 Å². The van der Waals surface area contributed by atoms with Crippen LogP contribution in [0, 0.1) is 11.5 Å². The molecule has 0 aromatic rings. The molecule has 1 rings (SSSR count). The van der Waals surface area contributed by atoms with Crippen LogP contribution >= 0.6 is 0 Å². The standard InChI is InChI=1S/C10H17NOSi/c1-13(2,3)8-7-9-5-4-6-10(12)11-9/h9H,4-6H2,1-3H3,(H,11,12)/t9-/m1/s1. The molecule has 1 saturated heterocycles. The molecule has 2 nitrogen and oxygen atoms in total. The maximum absolute atomic E-state index is 11.0. The van der Waals surface area contributed by atoms with E-state index < -0.39 is 8.07 Å². The van der Waals surface area contributed by atoms with Crippen LogP contribution in [0.3, 0.4) is 0 Å². The summed E-state index contributed by atoms with van der Waals surface area (Å²) >= 11 is 0. The second-order valence-corrected chi connectivity index (χ2v) is 9.28. The van der Waals surface area contributed by atoms with Crippen LogP contribution in [0.4, 0.5) is 0 Å². The highest BCUT2D eigenvalue weighted by Gasteiger charge is 2.16. The first-order chi connectivity index (χ1) is 5.97. The lowest BCUT2D eigenvalue weighted by atomic mass is 10.1. The topological polar surface area (TPSA) is 29.1 Å². The summed E-state index contributed by atoms with van der Waals surface area (Å²) in [6.07, 6.45) is 2.67. The van der Waals surface area contributed by atoms with Gasteiger partial charge in [0.25, 0.3) is 0 Å². The van der Waals surface area contributed by atoms with E-state index in [9.17, 15) is 4.79 Å². The van der Waals surface area contributed by atoms with Crippen LogP contribution in [0.25, 0.3) is 0 Å². The Balaban J connectivity index is 2.52. The highest BCUT2D eigenvalue weighted by Crippen LogP contribution is 2.07. The molecule has 72 valence electrons. The summed E-state index contributed by atoms with van der Waals surface area (Å²) < 4.78 is 0. The van der Waals surface area contributed by atoms with Gasteiger partial charge in [-0.25, -0.2) is 0 Å². The summed E-state index contributed by atoms with van der Waals surface area (Å²) in [6.45, 7) is 6.64. The number of amides is 1. The Morgan fingerprint density at radius 1 is 1.46 bits per heavy atom. The first-order valence-corrected chi connectivity index (χ1v) is 8.29. The molecular formula is C10H17NOSi. The SMILES string of the molecule is C[Si](C)(C)C#C[C@H]1CCCC(=O)N1. The molecule has 0 spiro atoms. The Labute approximate surface area is 81.1 Å². The van der Waals surface area contributed by atoms with E-state index >= 15 is 0 Å². The van der Waals surface area contributed by atoms with E-state index in [-0.39, 0.29) is 11.9 Å². The van der Waals surface area contributed by atoms with Crippen molar-refractivity contribution in [3.63, 3.8) is 0 Å². The normalized spacial score (nSPS) is 23.0. The van der Waals surface area contributed by atoms with E-state index in [2.05, 4.69) is 36.4 Å². The van der Waals surface area contributed by atoms with Crippen LogP contribution in [0.15, 0.2) is 0 Å².